The lowest BCUT2D eigenvalue weighted by Gasteiger charge is -2.22. The number of halogens is 2. The molecule has 1 N–H and O–H groups in total. The molecular weight excluding hydrogens is 419 g/mol. The highest BCUT2D eigenvalue weighted by atomic mass is 35.5. The van der Waals surface area contributed by atoms with Crippen molar-refractivity contribution in [3.05, 3.63) is 58.9 Å². The van der Waals surface area contributed by atoms with Crippen molar-refractivity contribution in [1.82, 2.24) is 9.62 Å². The van der Waals surface area contributed by atoms with Crippen LogP contribution < -0.4 is 10.1 Å². The zero-order chi connectivity index (χ0) is 21.6. The van der Waals surface area contributed by atoms with E-state index in [1.165, 1.54) is 30.3 Å². The van der Waals surface area contributed by atoms with E-state index in [1.54, 1.807) is 32.9 Å². The number of carbonyl (C=O) groups excluding carboxylic acids is 1. The molecule has 0 fully saturated rings. The van der Waals surface area contributed by atoms with Crippen molar-refractivity contribution in [2.75, 3.05) is 19.7 Å². The zero-order valence-electron chi connectivity index (χ0n) is 16.5. The number of hydrogen-bond acceptors (Lipinski definition) is 4. The van der Waals surface area contributed by atoms with E-state index in [4.69, 9.17) is 16.3 Å². The number of ether oxygens (including phenoxy) is 1. The van der Waals surface area contributed by atoms with E-state index in [-0.39, 0.29) is 28.8 Å². The summed E-state index contributed by atoms with van der Waals surface area (Å²) in [4.78, 5) is 12.4. The molecule has 0 aliphatic heterocycles. The van der Waals surface area contributed by atoms with Gasteiger partial charge in [-0.05, 0) is 49.7 Å². The van der Waals surface area contributed by atoms with Crippen LogP contribution in [0.15, 0.2) is 47.4 Å². The van der Waals surface area contributed by atoms with Crippen molar-refractivity contribution in [2.24, 2.45) is 0 Å². The lowest BCUT2D eigenvalue weighted by Crippen LogP contribution is -2.41. The monoisotopic (exact) mass is 442 g/mol. The van der Waals surface area contributed by atoms with Crippen LogP contribution in [0.1, 0.15) is 32.4 Å². The Balaban J connectivity index is 2.12. The van der Waals surface area contributed by atoms with Crippen molar-refractivity contribution in [3.63, 3.8) is 0 Å². The fraction of sp³-hybridized carbons (Fsp3) is 0.350. The van der Waals surface area contributed by atoms with Crippen LogP contribution >= 0.6 is 11.6 Å². The third-order valence-electron chi connectivity index (χ3n) is 4.26. The highest BCUT2D eigenvalue weighted by Crippen LogP contribution is 2.28. The van der Waals surface area contributed by atoms with Gasteiger partial charge in [0.15, 0.2) is 0 Å². The van der Waals surface area contributed by atoms with Crippen LogP contribution in [0.3, 0.4) is 0 Å². The maximum absolute atomic E-state index is 13.0. The topological polar surface area (TPSA) is 75.7 Å². The Morgan fingerprint density at radius 1 is 1.21 bits per heavy atom. The largest absolute Gasteiger partial charge is 0.492 e. The SMILES string of the molecule is CCOc1ccc(S(=O)(=O)N(CC)CC(=O)NC(C)c2ccc(F)cc2)cc1Cl. The van der Waals surface area contributed by atoms with Gasteiger partial charge >= 0.3 is 0 Å². The van der Waals surface area contributed by atoms with Crippen LogP contribution in [0.25, 0.3) is 0 Å². The zero-order valence-corrected chi connectivity index (χ0v) is 18.1. The maximum Gasteiger partial charge on any atom is 0.243 e. The second kappa shape index (κ2) is 10.0. The van der Waals surface area contributed by atoms with Gasteiger partial charge < -0.3 is 10.1 Å². The Kier molecular flexibility index (Phi) is 8.01. The molecule has 158 valence electrons. The molecule has 0 aliphatic rings. The molecule has 0 heterocycles. The van der Waals surface area contributed by atoms with E-state index in [9.17, 15) is 17.6 Å². The molecule has 2 aromatic rings. The summed E-state index contributed by atoms with van der Waals surface area (Å²) in [7, 11) is -3.92. The molecule has 29 heavy (non-hydrogen) atoms. The van der Waals surface area contributed by atoms with Crippen LogP contribution in [0.4, 0.5) is 4.39 Å². The Bertz CT molecular complexity index is 951. The van der Waals surface area contributed by atoms with Crippen LogP contribution in [0, 0.1) is 5.82 Å². The summed E-state index contributed by atoms with van der Waals surface area (Å²) in [6.45, 7) is 5.33. The molecule has 0 bridgehead atoms. The van der Waals surface area contributed by atoms with Gasteiger partial charge in [0.25, 0.3) is 0 Å². The third kappa shape index (κ3) is 5.91. The number of rotatable bonds is 9. The quantitative estimate of drug-likeness (QED) is 0.641. The van der Waals surface area contributed by atoms with Gasteiger partial charge in [-0.3, -0.25) is 4.79 Å². The molecule has 0 saturated heterocycles. The number of nitrogens with one attached hydrogen (secondary N) is 1. The van der Waals surface area contributed by atoms with Gasteiger partial charge in [-0.25, -0.2) is 12.8 Å². The number of amides is 1. The molecule has 9 heteroatoms. The molecule has 0 radical (unpaired) electrons. The summed E-state index contributed by atoms with van der Waals surface area (Å²) in [5.74, 6) is -0.448. The van der Waals surface area contributed by atoms with Gasteiger partial charge in [-0.1, -0.05) is 30.7 Å². The van der Waals surface area contributed by atoms with Gasteiger partial charge in [0, 0.05) is 6.54 Å². The highest BCUT2D eigenvalue weighted by molar-refractivity contribution is 7.89. The number of hydrogen-bond donors (Lipinski definition) is 1. The lowest BCUT2D eigenvalue weighted by atomic mass is 10.1. The van der Waals surface area contributed by atoms with Crippen molar-refractivity contribution in [1.29, 1.82) is 0 Å². The smallest absolute Gasteiger partial charge is 0.243 e. The minimum absolute atomic E-state index is 0.0211. The van der Waals surface area contributed by atoms with Crippen molar-refractivity contribution in [3.8, 4) is 5.75 Å². The molecule has 1 atom stereocenters. The lowest BCUT2D eigenvalue weighted by molar-refractivity contribution is -0.121. The Hall–Kier alpha value is -2.16. The number of benzene rings is 2. The summed E-state index contributed by atoms with van der Waals surface area (Å²) in [6.07, 6.45) is 0. The fourth-order valence-corrected chi connectivity index (χ4v) is 4.44. The second-order valence-corrected chi connectivity index (χ2v) is 8.64. The molecule has 1 amide bonds. The van der Waals surface area contributed by atoms with E-state index < -0.39 is 22.0 Å². The summed E-state index contributed by atoms with van der Waals surface area (Å²) in [6, 6.07) is 9.53. The maximum atomic E-state index is 13.0. The van der Waals surface area contributed by atoms with Crippen LogP contribution in [-0.4, -0.2) is 38.3 Å². The Morgan fingerprint density at radius 3 is 2.41 bits per heavy atom. The van der Waals surface area contributed by atoms with E-state index in [0.717, 1.165) is 4.31 Å². The summed E-state index contributed by atoms with van der Waals surface area (Å²) < 4.78 is 45.3. The van der Waals surface area contributed by atoms with Gasteiger partial charge in [0.2, 0.25) is 15.9 Å². The predicted molar refractivity (Wildman–Crippen MR) is 110 cm³/mol. The first-order valence-electron chi connectivity index (χ1n) is 9.16. The minimum Gasteiger partial charge on any atom is -0.492 e. The van der Waals surface area contributed by atoms with E-state index in [2.05, 4.69) is 5.32 Å². The van der Waals surface area contributed by atoms with Crippen LogP contribution in [-0.2, 0) is 14.8 Å². The Labute approximate surface area is 175 Å². The first-order valence-corrected chi connectivity index (χ1v) is 11.0. The molecule has 1 unspecified atom stereocenters. The summed E-state index contributed by atoms with van der Waals surface area (Å²) in [5, 5.41) is 2.91. The standard InChI is InChI=1S/C20H24ClFN2O4S/c1-4-24(13-20(25)23-14(3)15-6-8-16(22)9-7-15)29(26,27)17-10-11-19(28-5-2)18(21)12-17/h6-12,14H,4-5,13H2,1-3H3,(H,23,25). The fourth-order valence-electron chi connectivity index (χ4n) is 2.71. The van der Waals surface area contributed by atoms with Gasteiger partial charge in [0.1, 0.15) is 11.6 Å². The average molecular weight is 443 g/mol. The predicted octanol–water partition coefficient (Wildman–Crippen LogP) is 3.77. The normalized spacial score (nSPS) is 12.6. The number of carbonyl (C=O) groups is 1. The summed E-state index contributed by atoms with van der Waals surface area (Å²) >= 11 is 6.10. The molecule has 0 saturated carbocycles. The molecule has 0 aromatic heterocycles. The van der Waals surface area contributed by atoms with Crippen molar-refractivity contribution in [2.45, 2.75) is 31.7 Å². The third-order valence-corrected chi connectivity index (χ3v) is 6.47. The number of likely N-dealkylation sites (N-methyl/N-ethyl adjacent to an activating group) is 1. The van der Waals surface area contributed by atoms with E-state index >= 15 is 0 Å². The van der Waals surface area contributed by atoms with E-state index in [0.29, 0.717) is 17.9 Å². The first-order chi connectivity index (χ1) is 13.7. The molecule has 2 aromatic carbocycles. The number of sulfonamides is 1. The molecule has 0 aliphatic carbocycles. The van der Waals surface area contributed by atoms with Crippen LogP contribution in [0.5, 0.6) is 5.75 Å². The minimum atomic E-state index is -3.92. The van der Waals surface area contributed by atoms with E-state index in [1.807, 2.05) is 0 Å². The summed E-state index contributed by atoms with van der Waals surface area (Å²) in [5.41, 5.74) is 0.712. The molecule has 2 rings (SSSR count). The molecule has 0 spiro atoms. The van der Waals surface area contributed by atoms with Crippen molar-refractivity contribution >= 4 is 27.5 Å². The molecule has 6 nitrogen and oxygen atoms in total. The van der Waals surface area contributed by atoms with Crippen molar-refractivity contribution < 1.29 is 22.3 Å². The van der Waals surface area contributed by atoms with Crippen LogP contribution in [0.2, 0.25) is 5.02 Å². The van der Waals surface area contributed by atoms with Gasteiger partial charge in [0.05, 0.1) is 29.1 Å². The highest BCUT2D eigenvalue weighted by Gasteiger charge is 2.26. The molecular formula is C20H24ClFN2O4S. The second-order valence-electron chi connectivity index (χ2n) is 6.30. The number of nitrogens with zero attached hydrogens (tertiary/aromatic N) is 1. The van der Waals surface area contributed by atoms with Gasteiger partial charge in [-0.2, -0.15) is 4.31 Å². The first kappa shape index (κ1) is 23.1. The average Bonchev–Trinajstić information content (AvgIpc) is 2.68. The Morgan fingerprint density at radius 2 is 1.86 bits per heavy atom. The van der Waals surface area contributed by atoms with Gasteiger partial charge in [-0.15, -0.1) is 0 Å².